The van der Waals surface area contributed by atoms with Crippen LogP contribution in [-0.2, 0) is 9.84 Å². The molecule has 8 heteroatoms. The maximum absolute atomic E-state index is 12.4. The highest BCUT2D eigenvalue weighted by Crippen LogP contribution is 2.24. The van der Waals surface area contributed by atoms with Gasteiger partial charge in [-0.25, -0.2) is 8.42 Å². The number of rotatable bonds is 4. The van der Waals surface area contributed by atoms with E-state index >= 15 is 0 Å². The average Bonchev–Trinajstić information content (AvgIpc) is 2.90. The summed E-state index contributed by atoms with van der Waals surface area (Å²) in [7, 11) is -2.96. The van der Waals surface area contributed by atoms with Crippen molar-refractivity contribution in [2.45, 2.75) is 19.4 Å². The average molecular weight is 380 g/mol. The number of benzene rings is 1. The SMILES string of the molecule is Cc1c(Cl)cccc1NC(=O)c1cc(NC2CCS(=O)(=O)C2)ccn1. The van der Waals surface area contributed by atoms with E-state index in [1.807, 2.05) is 6.92 Å². The second kappa shape index (κ2) is 7.01. The maximum atomic E-state index is 12.4. The molecule has 1 aliphatic rings. The Morgan fingerprint density at radius 1 is 1.32 bits per heavy atom. The van der Waals surface area contributed by atoms with Crippen LogP contribution in [0.4, 0.5) is 11.4 Å². The van der Waals surface area contributed by atoms with E-state index in [1.165, 1.54) is 6.20 Å². The number of carbonyl (C=O) groups is 1. The second-order valence-corrected chi connectivity index (χ2v) is 8.68. The largest absolute Gasteiger partial charge is 0.381 e. The van der Waals surface area contributed by atoms with Crippen molar-refractivity contribution >= 4 is 38.7 Å². The molecule has 3 rings (SSSR count). The lowest BCUT2D eigenvalue weighted by Crippen LogP contribution is -2.21. The lowest BCUT2D eigenvalue weighted by Gasteiger charge is -2.13. The molecule has 1 aromatic carbocycles. The van der Waals surface area contributed by atoms with Gasteiger partial charge in [0.2, 0.25) is 0 Å². The maximum Gasteiger partial charge on any atom is 0.274 e. The van der Waals surface area contributed by atoms with Gasteiger partial charge in [-0.1, -0.05) is 17.7 Å². The summed E-state index contributed by atoms with van der Waals surface area (Å²) in [6.45, 7) is 1.82. The molecule has 1 atom stereocenters. The van der Waals surface area contributed by atoms with E-state index in [9.17, 15) is 13.2 Å². The number of nitrogens with one attached hydrogen (secondary N) is 2. The number of hydrogen-bond donors (Lipinski definition) is 2. The minimum atomic E-state index is -2.96. The highest BCUT2D eigenvalue weighted by molar-refractivity contribution is 7.91. The first kappa shape index (κ1) is 17.7. The van der Waals surface area contributed by atoms with Gasteiger partial charge < -0.3 is 10.6 Å². The van der Waals surface area contributed by atoms with E-state index < -0.39 is 9.84 Å². The first-order valence-corrected chi connectivity index (χ1v) is 10.0. The molecule has 2 N–H and O–H groups in total. The van der Waals surface area contributed by atoms with Crippen molar-refractivity contribution in [3.8, 4) is 0 Å². The summed E-state index contributed by atoms with van der Waals surface area (Å²) >= 11 is 6.06. The third-order valence-electron chi connectivity index (χ3n) is 4.11. The Labute approximate surface area is 151 Å². The fourth-order valence-corrected chi connectivity index (χ4v) is 4.57. The molecule has 1 aliphatic heterocycles. The Morgan fingerprint density at radius 3 is 2.84 bits per heavy atom. The Morgan fingerprint density at radius 2 is 2.12 bits per heavy atom. The number of nitrogens with zero attached hydrogens (tertiary/aromatic N) is 1. The first-order chi connectivity index (χ1) is 11.8. The summed E-state index contributed by atoms with van der Waals surface area (Å²) in [6.07, 6.45) is 2.08. The van der Waals surface area contributed by atoms with E-state index in [0.29, 0.717) is 22.8 Å². The van der Waals surface area contributed by atoms with Crippen molar-refractivity contribution in [2.75, 3.05) is 22.1 Å². The molecule has 0 radical (unpaired) electrons. The molecule has 1 saturated heterocycles. The zero-order chi connectivity index (χ0) is 18.0. The van der Waals surface area contributed by atoms with Gasteiger partial charge in [0.25, 0.3) is 5.91 Å². The van der Waals surface area contributed by atoms with Crippen molar-refractivity contribution in [1.29, 1.82) is 0 Å². The molecule has 1 unspecified atom stereocenters. The molecule has 1 fully saturated rings. The van der Waals surface area contributed by atoms with Gasteiger partial charge in [0, 0.05) is 28.6 Å². The fourth-order valence-electron chi connectivity index (χ4n) is 2.72. The molecule has 0 aliphatic carbocycles. The Kier molecular flexibility index (Phi) is 4.96. The molecule has 1 aromatic heterocycles. The molecule has 2 aromatic rings. The topological polar surface area (TPSA) is 88.2 Å². The number of halogens is 1. The zero-order valence-corrected chi connectivity index (χ0v) is 15.2. The number of amides is 1. The Bertz CT molecular complexity index is 915. The van der Waals surface area contributed by atoms with Crippen molar-refractivity contribution in [1.82, 2.24) is 4.98 Å². The van der Waals surface area contributed by atoms with Crippen LogP contribution in [0.3, 0.4) is 0 Å². The van der Waals surface area contributed by atoms with Crippen LogP contribution in [0, 0.1) is 6.92 Å². The van der Waals surface area contributed by atoms with Crippen LogP contribution in [0.2, 0.25) is 5.02 Å². The van der Waals surface area contributed by atoms with E-state index in [0.717, 1.165) is 5.56 Å². The number of aromatic nitrogens is 1. The van der Waals surface area contributed by atoms with Crippen molar-refractivity contribution < 1.29 is 13.2 Å². The summed E-state index contributed by atoms with van der Waals surface area (Å²) in [5.41, 5.74) is 2.32. The lowest BCUT2D eigenvalue weighted by molar-refractivity contribution is 0.102. The third-order valence-corrected chi connectivity index (χ3v) is 6.29. The third kappa shape index (κ3) is 4.29. The van der Waals surface area contributed by atoms with E-state index in [4.69, 9.17) is 11.6 Å². The summed E-state index contributed by atoms with van der Waals surface area (Å²) in [6, 6.07) is 8.47. The van der Waals surface area contributed by atoms with Crippen molar-refractivity contribution in [2.24, 2.45) is 0 Å². The van der Waals surface area contributed by atoms with Crippen LogP contribution < -0.4 is 10.6 Å². The molecule has 6 nitrogen and oxygen atoms in total. The van der Waals surface area contributed by atoms with E-state index in [-0.39, 0.29) is 29.1 Å². The number of hydrogen-bond acceptors (Lipinski definition) is 5. The summed E-state index contributed by atoms with van der Waals surface area (Å²) < 4.78 is 23.1. The standard InChI is InChI=1S/C17H18ClN3O3S/c1-11-14(18)3-2-4-15(11)21-17(22)16-9-12(5-7-19-16)20-13-6-8-25(23,24)10-13/h2-5,7,9,13H,6,8,10H2,1H3,(H,19,20)(H,21,22). The Balaban J connectivity index is 1.72. The summed E-state index contributed by atoms with van der Waals surface area (Å²) in [5.74, 6) is -0.0524. The highest BCUT2D eigenvalue weighted by Gasteiger charge is 2.27. The molecule has 0 bridgehead atoms. The van der Waals surface area contributed by atoms with Crippen LogP contribution in [-0.4, -0.2) is 36.9 Å². The minimum Gasteiger partial charge on any atom is -0.381 e. The van der Waals surface area contributed by atoms with Gasteiger partial charge in [-0.3, -0.25) is 9.78 Å². The molecule has 1 amide bonds. The molecule has 2 heterocycles. The van der Waals surface area contributed by atoms with Crippen LogP contribution in [0.5, 0.6) is 0 Å². The fraction of sp³-hybridized carbons (Fsp3) is 0.294. The van der Waals surface area contributed by atoms with Crippen LogP contribution in [0.25, 0.3) is 0 Å². The molecule has 25 heavy (non-hydrogen) atoms. The lowest BCUT2D eigenvalue weighted by atomic mass is 10.2. The van der Waals surface area contributed by atoms with Gasteiger partial charge in [-0.05, 0) is 43.2 Å². The monoisotopic (exact) mass is 379 g/mol. The molecular formula is C17H18ClN3O3S. The van der Waals surface area contributed by atoms with Crippen LogP contribution in [0.1, 0.15) is 22.5 Å². The minimum absolute atomic E-state index is 0.110. The molecular weight excluding hydrogens is 362 g/mol. The predicted molar refractivity (Wildman–Crippen MR) is 99.1 cm³/mol. The first-order valence-electron chi connectivity index (χ1n) is 7.83. The number of pyridine rings is 1. The van der Waals surface area contributed by atoms with Gasteiger partial charge in [-0.2, -0.15) is 0 Å². The predicted octanol–water partition coefficient (Wildman–Crippen LogP) is 2.89. The quantitative estimate of drug-likeness (QED) is 0.852. The smallest absolute Gasteiger partial charge is 0.274 e. The van der Waals surface area contributed by atoms with Crippen LogP contribution >= 0.6 is 11.6 Å². The second-order valence-electron chi connectivity index (χ2n) is 6.04. The zero-order valence-electron chi connectivity index (χ0n) is 13.6. The highest BCUT2D eigenvalue weighted by atomic mass is 35.5. The van der Waals surface area contributed by atoms with Crippen LogP contribution in [0.15, 0.2) is 36.5 Å². The molecule has 0 spiro atoms. The molecule has 132 valence electrons. The van der Waals surface area contributed by atoms with Gasteiger partial charge in [0.1, 0.15) is 5.69 Å². The molecule has 0 saturated carbocycles. The normalized spacial score (nSPS) is 18.7. The Hall–Kier alpha value is -2.12. The summed E-state index contributed by atoms with van der Waals surface area (Å²) in [4.78, 5) is 16.5. The van der Waals surface area contributed by atoms with Gasteiger partial charge in [0.15, 0.2) is 9.84 Å². The number of sulfone groups is 1. The van der Waals surface area contributed by atoms with E-state index in [2.05, 4.69) is 15.6 Å². The van der Waals surface area contributed by atoms with E-state index in [1.54, 1.807) is 30.3 Å². The van der Waals surface area contributed by atoms with Crippen molar-refractivity contribution in [3.05, 3.63) is 52.8 Å². The number of anilines is 2. The number of carbonyl (C=O) groups excluding carboxylic acids is 1. The van der Waals surface area contributed by atoms with Crippen molar-refractivity contribution in [3.63, 3.8) is 0 Å². The van der Waals surface area contributed by atoms with Gasteiger partial charge in [0.05, 0.1) is 11.5 Å². The van der Waals surface area contributed by atoms with Gasteiger partial charge in [-0.15, -0.1) is 0 Å². The van der Waals surface area contributed by atoms with Gasteiger partial charge >= 0.3 is 0 Å². The summed E-state index contributed by atoms with van der Waals surface area (Å²) in [5, 5.41) is 6.52.